The molecule has 0 aliphatic heterocycles. The van der Waals surface area contributed by atoms with Gasteiger partial charge in [0.15, 0.2) is 17.5 Å². The molecule has 12 rings (SSSR count). The fourth-order valence-electron chi connectivity index (χ4n) is 8.12. The van der Waals surface area contributed by atoms with Crippen LogP contribution in [-0.2, 0) is 0 Å². The Morgan fingerprint density at radius 1 is 0.386 bits per heavy atom. The molecule has 8 aromatic carbocycles. The lowest BCUT2D eigenvalue weighted by Gasteiger charge is -2.12. The van der Waals surface area contributed by atoms with Gasteiger partial charge in [0, 0.05) is 60.8 Å². The summed E-state index contributed by atoms with van der Waals surface area (Å²) >= 11 is 0. The van der Waals surface area contributed by atoms with Crippen LogP contribution in [0.2, 0.25) is 0 Å². The molecule has 0 unspecified atom stereocenters. The van der Waals surface area contributed by atoms with Crippen LogP contribution < -0.4 is 0 Å². The number of para-hydroxylation sites is 3. The lowest BCUT2D eigenvalue weighted by molar-refractivity contribution is 0.668. The first-order chi connectivity index (χ1) is 30.7. The van der Waals surface area contributed by atoms with E-state index in [0.29, 0.717) is 77.9 Å². The summed E-state index contributed by atoms with van der Waals surface area (Å²) in [6.07, 6.45) is 0. The van der Waals surface area contributed by atoms with Crippen molar-refractivity contribution in [2.45, 2.75) is 0 Å². The minimum absolute atomic E-state index is 0.0587. The first-order valence-corrected chi connectivity index (χ1v) is 18.6. The summed E-state index contributed by atoms with van der Waals surface area (Å²) < 4.78 is 65.2. The van der Waals surface area contributed by atoms with Crippen molar-refractivity contribution in [2.24, 2.45) is 0 Å². The highest BCUT2D eigenvalue weighted by molar-refractivity contribution is 6.24. The molecule has 0 radical (unpaired) electrons. The minimum Gasteiger partial charge on any atom is -0.456 e. The van der Waals surface area contributed by atoms with Crippen molar-refractivity contribution in [1.29, 1.82) is 0 Å². The standard InChI is InChI=1S/C51H31N5O/c1-4-14-32(15-5-1)49-52-50(33-16-6-2-7-17-33)54-51(53-49)34-24-26-39-40-27-25-36(31-46(40)57-45(39)30-34)56-44-23-13-11-21-38(44)42-29-28-41-37-20-10-12-22-43(37)55(47(41)48(42)56)35-18-8-3-9-19-35/h1-31H/i10D,11D,22D,23D,28D,29D. The lowest BCUT2D eigenvalue weighted by Crippen LogP contribution is -2.00. The number of fused-ring (bicyclic) bond motifs is 10. The Hall–Kier alpha value is -7.83. The zero-order valence-electron chi connectivity index (χ0n) is 36.1. The highest BCUT2D eigenvalue weighted by Gasteiger charge is 2.22. The van der Waals surface area contributed by atoms with Gasteiger partial charge in [0.2, 0.25) is 0 Å². The Kier molecular flexibility index (Phi) is 5.64. The molecule has 6 nitrogen and oxygen atoms in total. The van der Waals surface area contributed by atoms with E-state index in [-0.39, 0.29) is 36.3 Å². The first-order valence-electron chi connectivity index (χ1n) is 21.6. The van der Waals surface area contributed by atoms with Crippen LogP contribution in [-0.4, -0.2) is 24.1 Å². The molecule has 0 aliphatic rings. The molecule has 0 atom stereocenters. The average molecular weight is 736 g/mol. The summed E-state index contributed by atoms with van der Waals surface area (Å²) in [7, 11) is 0. The largest absolute Gasteiger partial charge is 0.456 e. The maximum Gasteiger partial charge on any atom is 0.164 e. The van der Waals surface area contributed by atoms with Crippen molar-refractivity contribution < 1.29 is 12.6 Å². The van der Waals surface area contributed by atoms with Crippen LogP contribution in [0.4, 0.5) is 0 Å². The minimum atomic E-state index is -0.0678. The molecule has 0 saturated carbocycles. The highest BCUT2D eigenvalue weighted by Crippen LogP contribution is 2.42. The maximum absolute atomic E-state index is 9.53. The molecule has 4 heterocycles. The van der Waals surface area contributed by atoms with Gasteiger partial charge in [-0.15, -0.1) is 0 Å². The van der Waals surface area contributed by atoms with Gasteiger partial charge in [-0.3, -0.25) is 0 Å². The molecule has 0 aliphatic carbocycles. The molecule has 0 bridgehead atoms. The van der Waals surface area contributed by atoms with Crippen molar-refractivity contribution in [2.75, 3.05) is 0 Å². The SMILES string of the molecule is [2H]c1cc([2H])c2c(c1)c1c([2H])c([2H])c3c4cc([2H])cc([2H])c4n(-c4ccc5c(c4)oc4cc(-c6nc(-c7ccccc7)nc(-c7ccccc7)n6)ccc45)c3c1n2-c1ccccc1. The molecule has 6 heteroatoms. The number of aromatic nitrogens is 5. The number of benzene rings is 8. The average Bonchev–Trinajstić information content (AvgIpc) is 3.96. The number of nitrogens with zero attached hydrogens (tertiary/aromatic N) is 5. The summed E-state index contributed by atoms with van der Waals surface area (Å²) in [6, 6.07) is 47.6. The normalized spacial score (nSPS) is 13.3. The summed E-state index contributed by atoms with van der Waals surface area (Å²) in [5.74, 6) is 1.61. The molecular weight excluding hydrogens is 699 g/mol. The van der Waals surface area contributed by atoms with E-state index in [1.54, 1.807) is 12.1 Å². The van der Waals surface area contributed by atoms with Crippen molar-refractivity contribution >= 4 is 65.6 Å². The van der Waals surface area contributed by atoms with Gasteiger partial charge in [-0.1, -0.05) is 133 Å². The van der Waals surface area contributed by atoms with Gasteiger partial charge in [0.05, 0.1) is 36.0 Å². The quantitative estimate of drug-likeness (QED) is 0.177. The Balaban J connectivity index is 1.12. The fourth-order valence-corrected chi connectivity index (χ4v) is 8.12. The molecule has 0 N–H and O–H groups in total. The monoisotopic (exact) mass is 735 g/mol. The molecule has 0 amide bonds. The van der Waals surface area contributed by atoms with Gasteiger partial charge in [-0.05, 0) is 48.5 Å². The van der Waals surface area contributed by atoms with E-state index < -0.39 is 0 Å². The van der Waals surface area contributed by atoms with Crippen LogP contribution in [0.1, 0.15) is 8.22 Å². The van der Waals surface area contributed by atoms with E-state index in [4.69, 9.17) is 23.5 Å². The van der Waals surface area contributed by atoms with Crippen LogP contribution in [0.3, 0.4) is 0 Å². The van der Waals surface area contributed by atoms with Crippen LogP contribution in [0.25, 0.3) is 111 Å². The van der Waals surface area contributed by atoms with Crippen LogP contribution in [0.15, 0.2) is 192 Å². The number of hydrogen-bond donors (Lipinski definition) is 0. The molecule has 0 fully saturated rings. The second-order valence-corrected chi connectivity index (χ2v) is 14.0. The van der Waals surface area contributed by atoms with E-state index in [1.165, 1.54) is 12.1 Å². The summed E-state index contributed by atoms with van der Waals surface area (Å²) in [5.41, 5.74) is 7.15. The smallest absolute Gasteiger partial charge is 0.164 e. The second-order valence-electron chi connectivity index (χ2n) is 14.0. The first kappa shape index (κ1) is 26.1. The van der Waals surface area contributed by atoms with Crippen molar-refractivity contribution in [1.82, 2.24) is 24.1 Å². The fraction of sp³-hybridized carbons (Fsp3) is 0. The molecule has 0 saturated heterocycles. The van der Waals surface area contributed by atoms with Gasteiger partial charge in [0.25, 0.3) is 0 Å². The van der Waals surface area contributed by atoms with E-state index in [2.05, 4.69) is 0 Å². The van der Waals surface area contributed by atoms with Gasteiger partial charge < -0.3 is 13.6 Å². The molecule has 12 aromatic rings. The Labute approximate surface area is 335 Å². The van der Waals surface area contributed by atoms with Gasteiger partial charge in [0.1, 0.15) is 11.2 Å². The molecule has 57 heavy (non-hydrogen) atoms. The maximum atomic E-state index is 9.53. The number of rotatable bonds is 5. The zero-order valence-corrected chi connectivity index (χ0v) is 30.1. The third-order valence-corrected chi connectivity index (χ3v) is 10.7. The molecule has 0 spiro atoms. The highest BCUT2D eigenvalue weighted by atomic mass is 16.3. The van der Waals surface area contributed by atoms with Crippen molar-refractivity contribution in [3.8, 4) is 45.5 Å². The van der Waals surface area contributed by atoms with Gasteiger partial charge in [-0.2, -0.15) is 0 Å². The second kappa shape index (κ2) is 12.3. The predicted molar refractivity (Wildman–Crippen MR) is 232 cm³/mol. The number of furan rings is 1. The molecule has 266 valence electrons. The third kappa shape index (κ3) is 4.87. The Morgan fingerprint density at radius 2 is 0.877 bits per heavy atom. The molecular formula is C51H31N5O. The lowest BCUT2D eigenvalue weighted by atomic mass is 10.1. The van der Waals surface area contributed by atoms with Crippen LogP contribution in [0, 0.1) is 0 Å². The topological polar surface area (TPSA) is 61.7 Å². The van der Waals surface area contributed by atoms with Crippen molar-refractivity contribution in [3.05, 3.63) is 188 Å². The Bertz CT molecular complexity index is 3810. The van der Waals surface area contributed by atoms with E-state index in [9.17, 15) is 4.11 Å². The third-order valence-electron chi connectivity index (χ3n) is 10.7. The molecule has 4 aromatic heterocycles. The summed E-state index contributed by atoms with van der Waals surface area (Å²) in [6.45, 7) is 0. The van der Waals surface area contributed by atoms with Gasteiger partial charge in [-0.25, -0.2) is 15.0 Å². The van der Waals surface area contributed by atoms with E-state index >= 15 is 0 Å². The van der Waals surface area contributed by atoms with Crippen LogP contribution in [0.5, 0.6) is 0 Å². The predicted octanol–water partition coefficient (Wildman–Crippen LogP) is 13.0. The van der Waals surface area contributed by atoms with E-state index in [1.807, 2.05) is 137 Å². The van der Waals surface area contributed by atoms with Crippen molar-refractivity contribution in [3.63, 3.8) is 0 Å². The van der Waals surface area contributed by atoms with E-state index in [0.717, 1.165) is 33.2 Å². The zero-order chi connectivity index (χ0) is 42.7. The van der Waals surface area contributed by atoms with Crippen LogP contribution >= 0.6 is 0 Å². The summed E-state index contributed by atoms with van der Waals surface area (Å²) in [4.78, 5) is 14.7. The Morgan fingerprint density at radius 3 is 1.46 bits per heavy atom. The summed E-state index contributed by atoms with van der Waals surface area (Å²) in [5, 5.41) is 3.61. The van der Waals surface area contributed by atoms with Gasteiger partial charge >= 0.3 is 0 Å². The number of hydrogen-bond acceptors (Lipinski definition) is 4.